The first kappa shape index (κ1) is 14.5. The molecule has 1 aliphatic heterocycles. The molecule has 7 nitrogen and oxygen atoms in total. The third kappa shape index (κ3) is 3.15. The van der Waals surface area contributed by atoms with Crippen LogP contribution in [0.4, 0.5) is 0 Å². The molecule has 0 unspecified atom stereocenters. The van der Waals surface area contributed by atoms with Gasteiger partial charge in [0, 0.05) is 12.6 Å². The molecule has 20 heavy (non-hydrogen) atoms. The molecule has 0 spiro atoms. The van der Waals surface area contributed by atoms with Crippen LogP contribution < -0.4 is 0 Å². The van der Waals surface area contributed by atoms with Gasteiger partial charge in [-0.25, -0.2) is 4.63 Å². The first-order valence-corrected chi connectivity index (χ1v) is 6.89. The molecular weight excluding hydrogens is 262 g/mol. The Bertz CT molecular complexity index is 486. The van der Waals surface area contributed by atoms with Crippen LogP contribution >= 0.6 is 0 Å². The molecular formula is C13H19N3O4. The summed E-state index contributed by atoms with van der Waals surface area (Å²) in [4.78, 5) is 25.8. The Morgan fingerprint density at radius 1 is 1.40 bits per heavy atom. The van der Waals surface area contributed by atoms with Crippen LogP contribution in [0.5, 0.6) is 0 Å². The van der Waals surface area contributed by atoms with Crippen molar-refractivity contribution in [1.29, 1.82) is 0 Å². The lowest BCUT2D eigenvalue weighted by atomic mass is 9.98. The van der Waals surface area contributed by atoms with Gasteiger partial charge in [-0.3, -0.25) is 9.59 Å². The van der Waals surface area contributed by atoms with E-state index in [2.05, 4.69) is 14.9 Å². The van der Waals surface area contributed by atoms with Crippen molar-refractivity contribution in [2.45, 2.75) is 45.6 Å². The van der Waals surface area contributed by atoms with Crippen molar-refractivity contribution >= 4 is 11.9 Å². The molecule has 0 N–H and O–H groups in total. The van der Waals surface area contributed by atoms with Crippen molar-refractivity contribution in [3.05, 3.63) is 11.4 Å². The summed E-state index contributed by atoms with van der Waals surface area (Å²) in [5.41, 5.74) is 0.691. The lowest BCUT2D eigenvalue weighted by Crippen LogP contribution is -2.45. The molecule has 1 aromatic heterocycles. The van der Waals surface area contributed by atoms with Crippen LogP contribution in [0.2, 0.25) is 0 Å². The van der Waals surface area contributed by atoms with Gasteiger partial charge in [-0.2, -0.15) is 0 Å². The molecule has 2 heterocycles. The highest BCUT2D eigenvalue weighted by atomic mass is 16.6. The number of likely N-dealkylation sites (tertiary alicyclic amines) is 1. The Hall–Kier alpha value is -1.92. The fourth-order valence-corrected chi connectivity index (χ4v) is 2.45. The smallest absolute Gasteiger partial charge is 0.307 e. The van der Waals surface area contributed by atoms with Crippen LogP contribution in [0.15, 0.2) is 4.63 Å². The van der Waals surface area contributed by atoms with Gasteiger partial charge in [0.1, 0.15) is 5.69 Å². The molecule has 1 fully saturated rings. The van der Waals surface area contributed by atoms with Gasteiger partial charge in [0.15, 0.2) is 5.69 Å². The molecule has 1 amide bonds. The lowest BCUT2D eigenvalue weighted by Gasteiger charge is -2.34. The minimum Gasteiger partial charge on any atom is -0.466 e. The van der Waals surface area contributed by atoms with Gasteiger partial charge in [-0.15, -0.1) is 0 Å². The maximum absolute atomic E-state index is 12.4. The number of carbonyl (C=O) groups excluding carboxylic acids is 2. The van der Waals surface area contributed by atoms with Crippen LogP contribution in [0.1, 0.15) is 48.8 Å². The topological polar surface area (TPSA) is 85.5 Å². The first-order valence-electron chi connectivity index (χ1n) is 6.89. The molecule has 0 aromatic carbocycles. The quantitative estimate of drug-likeness (QED) is 0.774. The molecule has 0 aliphatic carbocycles. The maximum Gasteiger partial charge on any atom is 0.307 e. The number of aromatic nitrogens is 2. The van der Waals surface area contributed by atoms with Gasteiger partial charge in [0.25, 0.3) is 5.91 Å². The molecule has 0 saturated carbocycles. The van der Waals surface area contributed by atoms with E-state index in [4.69, 9.17) is 4.74 Å². The molecule has 2 rings (SSSR count). The normalized spacial score (nSPS) is 18.9. The summed E-state index contributed by atoms with van der Waals surface area (Å²) < 4.78 is 9.54. The third-order valence-corrected chi connectivity index (χ3v) is 3.45. The molecule has 1 saturated heterocycles. The van der Waals surface area contributed by atoms with E-state index in [0.717, 1.165) is 19.3 Å². The van der Waals surface area contributed by atoms with Gasteiger partial charge in [0.05, 0.1) is 13.0 Å². The number of nitrogens with zero attached hydrogens (tertiary/aromatic N) is 3. The second-order valence-corrected chi connectivity index (χ2v) is 4.86. The number of carbonyl (C=O) groups is 2. The average molecular weight is 281 g/mol. The highest BCUT2D eigenvalue weighted by Crippen LogP contribution is 2.22. The maximum atomic E-state index is 12.4. The molecule has 1 aliphatic rings. The Kier molecular flexibility index (Phi) is 4.70. The molecule has 0 bridgehead atoms. The van der Waals surface area contributed by atoms with Crippen molar-refractivity contribution < 1.29 is 19.0 Å². The average Bonchev–Trinajstić information content (AvgIpc) is 2.85. The van der Waals surface area contributed by atoms with E-state index in [1.807, 2.05) is 0 Å². The number of rotatable bonds is 4. The summed E-state index contributed by atoms with van der Waals surface area (Å²) in [6.45, 7) is 4.42. The van der Waals surface area contributed by atoms with Crippen molar-refractivity contribution in [3.8, 4) is 0 Å². The number of piperidine rings is 1. The van der Waals surface area contributed by atoms with E-state index in [9.17, 15) is 9.59 Å². The highest BCUT2D eigenvalue weighted by Gasteiger charge is 2.32. The van der Waals surface area contributed by atoms with E-state index < -0.39 is 0 Å². The Morgan fingerprint density at radius 2 is 2.20 bits per heavy atom. The Labute approximate surface area is 117 Å². The predicted octanol–water partition coefficient (Wildman–Crippen LogP) is 1.33. The van der Waals surface area contributed by atoms with Crippen LogP contribution in [-0.4, -0.2) is 46.3 Å². The van der Waals surface area contributed by atoms with Gasteiger partial charge in [-0.1, -0.05) is 5.16 Å². The van der Waals surface area contributed by atoms with E-state index in [-0.39, 0.29) is 30.0 Å². The van der Waals surface area contributed by atoms with E-state index >= 15 is 0 Å². The monoisotopic (exact) mass is 281 g/mol. The summed E-state index contributed by atoms with van der Waals surface area (Å²) in [6, 6.07) is -0.133. The first-order chi connectivity index (χ1) is 9.63. The minimum atomic E-state index is -0.271. The summed E-state index contributed by atoms with van der Waals surface area (Å²) in [5.74, 6) is -0.495. The zero-order valence-corrected chi connectivity index (χ0v) is 11.8. The highest BCUT2D eigenvalue weighted by molar-refractivity contribution is 5.93. The van der Waals surface area contributed by atoms with Crippen molar-refractivity contribution in [2.24, 2.45) is 0 Å². The third-order valence-electron chi connectivity index (χ3n) is 3.45. The van der Waals surface area contributed by atoms with Crippen LogP contribution in [0.25, 0.3) is 0 Å². The van der Waals surface area contributed by atoms with Gasteiger partial charge in [0.2, 0.25) is 0 Å². The molecule has 1 aromatic rings. The number of hydrogen-bond donors (Lipinski definition) is 0. The van der Waals surface area contributed by atoms with E-state index in [1.54, 1.807) is 18.7 Å². The van der Waals surface area contributed by atoms with Crippen LogP contribution in [0.3, 0.4) is 0 Å². The zero-order valence-electron chi connectivity index (χ0n) is 11.8. The standard InChI is InChI=1S/C13H19N3O4/c1-3-19-11(17)8-10-6-4-5-7-16(10)13(18)12-9(2)14-20-15-12/h10H,3-8H2,1-2H3/t10-/m0/s1. The Morgan fingerprint density at radius 3 is 2.85 bits per heavy atom. The summed E-state index contributed by atoms with van der Waals surface area (Å²) in [7, 11) is 0. The summed E-state index contributed by atoms with van der Waals surface area (Å²) in [6.07, 6.45) is 2.96. The number of esters is 1. The summed E-state index contributed by atoms with van der Waals surface area (Å²) in [5, 5.41) is 7.27. The molecule has 1 atom stereocenters. The van der Waals surface area contributed by atoms with E-state index in [0.29, 0.717) is 18.8 Å². The second kappa shape index (κ2) is 6.49. The SMILES string of the molecule is CCOC(=O)C[C@@H]1CCCCN1C(=O)c1nonc1C. The molecule has 7 heteroatoms. The lowest BCUT2D eigenvalue weighted by molar-refractivity contribution is -0.144. The van der Waals surface area contributed by atoms with Gasteiger partial charge >= 0.3 is 5.97 Å². The minimum absolute atomic E-state index is 0.133. The largest absolute Gasteiger partial charge is 0.466 e. The second-order valence-electron chi connectivity index (χ2n) is 4.86. The predicted molar refractivity (Wildman–Crippen MR) is 69.0 cm³/mol. The fraction of sp³-hybridized carbons (Fsp3) is 0.692. The number of amides is 1. The number of aryl methyl sites for hydroxylation is 1. The van der Waals surface area contributed by atoms with Crippen molar-refractivity contribution in [3.63, 3.8) is 0 Å². The van der Waals surface area contributed by atoms with Crippen molar-refractivity contribution in [1.82, 2.24) is 15.2 Å². The van der Waals surface area contributed by atoms with Crippen molar-refractivity contribution in [2.75, 3.05) is 13.2 Å². The van der Waals surface area contributed by atoms with Crippen LogP contribution in [0, 0.1) is 6.92 Å². The van der Waals surface area contributed by atoms with Gasteiger partial charge in [-0.05, 0) is 38.3 Å². The Balaban J connectivity index is 2.08. The number of ether oxygens (including phenoxy) is 1. The molecule has 0 radical (unpaired) electrons. The van der Waals surface area contributed by atoms with E-state index in [1.165, 1.54) is 0 Å². The van der Waals surface area contributed by atoms with Crippen LogP contribution in [-0.2, 0) is 9.53 Å². The fourth-order valence-electron chi connectivity index (χ4n) is 2.45. The summed E-state index contributed by atoms with van der Waals surface area (Å²) >= 11 is 0. The zero-order chi connectivity index (χ0) is 14.5. The van der Waals surface area contributed by atoms with Gasteiger partial charge < -0.3 is 9.64 Å². The molecule has 110 valence electrons. The number of hydrogen-bond acceptors (Lipinski definition) is 6.